The molecule has 0 aromatic heterocycles. The van der Waals surface area contributed by atoms with Gasteiger partial charge in [-0.1, -0.05) is 0 Å². The number of benzene rings is 2. The van der Waals surface area contributed by atoms with Gasteiger partial charge < -0.3 is 23.8 Å². The highest BCUT2D eigenvalue weighted by molar-refractivity contribution is 6.44. The van der Waals surface area contributed by atoms with Crippen LogP contribution in [-0.4, -0.2) is 88.0 Å². The highest BCUT2D eigenvalue weighted by Gasteiger charge is 2.52. The van der Waals surface area contributed by atoms with Gasteiger partial charge in [0.25, 0.3) is 5.91 Å². The number of Topliss-reactive ketones (excluding diaryl/α,β-unsaturated/α-hetero) is 2. The lowest BCUT2D eigenvalue weighted by Gasteiger charge is -2.32. The van der Waals surface area contributed by atoms with E-state index in [9.17, 15) is 14.4 Å². The number of hydrogen-bond donors (Lipinski definition) is 0. The molecule has 0 aliphatic carbocycles. The van der Waals surface area contributed by atoms with Crippen LogP contribution in [0.25, 0.3) is 0 Å². The zero-order valence-corrected chi connectivity index (χ0v) is 21.1. The summed E-state index contributed by atoms with van der Waals surface area (Å²) in [6.07, 6.45) is 0. The Hall–Kier alpha value is -3.43. The number of ketones is 2. The fraction of sp³-hybridized carbons (Fsp3) is 0.444. The van der Waals surface area contributed by atoms with Crippen LogP contribution in [0.4, 0.5) is 0 Å². The molecule has 0 N–H and O–H groups in total. The first-order chi connectivity index (χ1) is 17.4. The van der Waals surface area contributed by atoms with Gasteiger partial charge in [-0.3, -0.25) is 19.3 Å². The molecule has 0 radical (unpaired) electrons. The average Bonchev–Trinajstić information content (AvgIpc) is 3.16. The molecule has 9 heteroatoms. The highest BCUT2D eigenvalue weighted by Crippen LogP contribution is 2.43. The molecule has 192 valence electrons. The molecule has 4 rings (SSSR count). The lowest BCUT2D eigenvalue weighted by molar-refractivity contribution is -0.141. The molecule has 2 aliphatic heterocycles. The molecule has 0 bridgehead atoms. The number of aryl methyl sites for hydroxylation is 1. The van der Waals surface area contributed by atoms with Crippen molar-refractivity contribution in [3.8, 4) is 17.2 Å². The third-order valence-electron chi connectivity index (χ3n) is 6.90. The van der Waals surface area contributed by atoms with Crippen LogP contribution in [0, 0.1) is 12.8 Å². The number of amides is 1. The van der Waals surface area contributed by atoms with Gasteiger partial charge in [0.2, 0.25) is 5.78 Å². The molecule has 0 spiro atoms. The van der Waals surface area contributed by atoms with Gasteiger partial charge in [-0.2, -0.15) is 0 Å². The predicted molar refractivity (Wildman–Crippen MR) is 132 cm³/mol. The molecule has 2 atom stereocenters. The molecule has 2 fully saturated rings. The second kappa shape index (κ2) is 11.1. The van der Waals surface area contributed by atoms with Gasteiger partial charge in [0, 0.05) is 37.3 Å². The first-order valence-corrected chi connectivity index (χ1v) is 11.9. The van der Waals surface area contributed by atoms with Crippen molar-refractivity contribution in [3.05, 3.63) is 53.1 Å². The van der Waals surface area contributed by atoms with E-state index in [1.807, 2.05) is 0 Å². The van der Waals surface area contributed by atoms with Gasteiger partial charge in [-0.15, -0.1) is 0 Å². The van der Waals surface area contributed by atoms with Crippen LogP contribution in [-0.2, 0) is 14.3 Å². The third kappa shape index (κ3) is 4.94. The van der Waals surface area contributed by atoms with Crippen LogP contribution in [0.3, 0.4) is 0 Å². The van der Waals surface area contributed by atoms with E-state index in [1.54, 1.807) is 50.4 Å². The smallest absolute Gasteiger partial charge is 0.291 e. The number of rotatable bonds is 9. The highest BCUT2D eigenvalue weighted by atomic mass is 16.5. The summed E-state index contributed by atoms with van der Waals surface area (Å²) in [5.41, 5.74) is 1.61. The minimum absolute atomic E-state index is 0.293. The largest absolute Gasteiger partial charge is 0.497 e. The first kappa shape index (κ1) is 25.7. The molecule has 0 saturated carbocycles. The summed E-state index contributed by atoms with van der Waals surface area (Å²) in [4.78, 5) is 44.3. The monoisotopic (exact) mass is 496 g/mol. The summed E-state index contributed by atoms with van der Waals surface area (Å²) in [5.74, 6) is -1.38. The van der Waals surface area contributed by atoms with E-state index < -0.39 is 29.4 Å². The van der Waals surface area contributed by atoms with Crippen LogP contribution in [0.5, 0.6) is 17.2 Å². The van der Waals surface area contributed by atoms with E-state index in [1.165, 1.54) is 19.1 Å². The number of morpholine rings is 1. The number of methoxy groups -OCH3 is 3. The third-order valence-corrected chi connectivity index (χ3v) is 6.90. The molecule has 2 unspecified atom stereocenters. The summed E-state index contributed by atoms with van der Waals surface area (Å²) in [6, 6.07) is 9.43. The Kier molecular flexibility index (Phi) is 7.91. The van der Waals surface area contributed by atoms with E-state index >= 15 is 0 Å². The van der Waals surface area contributed by atoms with Crippen LogP contribution < -0.4 is 14.2 Å². The summed E-state index contributed by atoms with van der Waals surface area (Å²) in [5, 5.41) is 0. The van der Waals surface area contributed by atoms with E-state index in [0.29, 0.717) is 60.2 Å². The molecular formula is C27H32N2O7. The zero-order valence-electron chi connectivity index (χ0n) is 21.1. The first-order valence-electron chi connectivity index (χ1n) is 11.9. The predicted octanol–water partition coefficient (Wildman–Crippen LogP) is 2.30. The van der Waals surface area contributed by atoms with E-state index in [4.69, 9.17) is 18.9 Å². The minimum atomic E-state index is -1.21. The molecule has 2 saturated heterocycles. The summed E-state index contributed by atoms with van der Waals surface area (Å²) in [7, 11) is 4.61. The normalized spacial score (nSPS) is 20.5. The van der Waals surface area contributed by atoms with Crippen molar-refractivity contribution in [2.75, 3.05) is 60.7 Å². The van der Waals surface area contributed by atoms with Crippen LogP contribution >= 0.6 is 0 Å². The second-order valence-corrected chi connectivity index (χ2v) is 8.89. The quantitative estimate of drug-likeness (QED) is 0.297. The van der Waals surface area contributed by atoms with Gasteiger partial charge in [0.1, 0.15) is 23.2 Å². The topological polar surface area (TPSA) is 94.6 Å². The van der Waals surface area contributed by atoms with Crippen molar-refractivity contribution in [2.24, 2.45) is 5.92 Å². The molecule has 2 aliphatic rings. The van der Waals surface area contributed by atoms with Crippen LogP contribution in [0.15, 0.2) is 36.4 Å². The number of hydrogen-bond acceptors (Lipinski definition) is 8. The summed E-state index contributed by atoms with van der Waals surface area (Å²) in [6.45, 7) is 5.38. The molecule has 2 aromatic rings. The number of nitrogens with zero attached hydrogens (tertiary/aromatic N) is 2. The minimum Gasteiger partial charge on any atom is -0.497 e. The number of carbonyl (C=O) groups is 3. The molecule has 36 heavy (non-hydrogen) atoms. The van der Waals surface area contributed by atoms with Gasteiger partial charge in [0.15, 0.2) is 5.78 Å². The molecule has 9 nitrogen and oxygen atoms in total. The standard InChI is InChI=1S/C27H32N2O7/c1-17-15-18(33-2)5-7-20(17)25(30)23-24(21-16-19(34-3)6-8-22(21)35-4)29(27(32)26(23)31)10-9-28-11-13-36-14-12-28/h5-8,15-16,23-24H,9-14H2,1-4H3. The van der Waals surface area contributed by atoms with E-state index in [2.05, 4.69) is 4.90 Å². The van der Waals surface area contributed by atoms with Crippen LogP contribution in [0.2, 0.25) is 0 Å². The zero-order chi connectivity index (χ0) is 25.8. The maximum absolute atomic E-state index is 13.9. The van der Waals surface area contributed by atoms with Crippen molar-refractivity contribution in [3.63, 3.8) is 0 Å². The maximum Gasteiger partial charge on any atom is 0.291 e. The Labute approximate surface area is 210 Å². The summed E-state index contributed by atoms with van der Waals surface area (Å²) >= 11 is 0. The molecule has 2 aromatic carbocycles. The van der Waals surface area contributed by atoms with Crippen LogP contribution in [0.1, 0.15) is 27.5 Å². The second-order valence-electron chi connectivity index (χ2n) is 8.89. The Morgan fingerprint density at radius 2 is 1.61 bits per heavy atom. The van der Waals surface area contributed by atoms with Gasteiger partial charge in [-0.05, 0) is 48.9 Å². The molecule has 1 amide bonds. The van der Waals surface area contributed by atoms with Crippen molar-refractivity contribution < 1.29 is 33.3 Å². The Balaban J connectivity index is 1.76. The summed E-state index contributed by atoms with van der Waals surface area (Å²) < 4.78 is 21.7. The van der Waals surface area contributed by atoms with Crippen molar-refractivity contribution in [1.82, 2.24) is 9.80 Å². The number of likely N-dealkylation sites (tertiary alicyclic amines) is 1. The number of carbonyl (C=O) groups excluding carboxylic acids is 3. The molecule has 2 heterocycles. The van der Waals surface area contributed by atoms with Crippen molar-refractivity contribution in [1.29, 1.82) is 0 Å². The van der Waals surface area contributed by atoms with Gasteiger partial charge in [0.05, 0.1) is 40.6 Å². The Bertz CT molecular complexity index is 1140. The maximum atomic E-state index is 13.9. The molecular weight excluding hydrogens is 464 g/mol. The average molecular weight is 497 g/mol. The van der Waals surface area contributed by atoms with E-state index in [0.717, 1.165) is 13.1 Å². The Morgan fingerprint density at radius 3 is 2.25 bits per heavy atom. The Morgan fingerprint density at radius 1 is 0.944 bits per heavy atom. The van der Waals surface area contributed by atoms with Crippen molar-refractivity contribution >= 4 is 17.5 Å². The number of ether oxygens (including phenoxy) is 4. The SMILES string of the molecule is COc1ccc(C(=O)C2C(=O)C(=O)N(CCN3CCOCC3)C2c2cc(OC)ccc2OC)c(C)c1. The fourth-order valence-electron chi connectivity index (χ4n) is 4.93. The van der Waals surface area contributed by atoms with Crippen molar-refractivity contribution in [2.45, 2.75) is 13.0 Å². The van der Waals surface area contributed by atoms with E-state index in [-0.39, 0.29) is 0 Å². The van der Waals surface area contributed by atoms with Gasteiger partial charge >= 0.3 is 0 Å². The lowest BCUT2D eigenvalue weighted by atomic mass is 9.84. The fourth-order valence-corrected chi connectivity index (χ4v) is 4.93. The lowest BCUT2D eigenvalue weighted by Crippen LogP contribution is -2.43. The van der Waals surface area contributed by atoms with Gasteiger partial charge in [-0.25, -0.2) is 0 Å².